The fourth-order valence-corrected chi connectivity index (χ4v) is 1.30. The molecule has 0 spiro atoms. The zero-order chi connectivity index (χ0) is 12.3. The number of hydrogen-bond acceptors (Lipinski definition) is 2. The zero-order valence-electron chi connectivity index (χ0n) is 10.5. The van der Waals surface area contributed by atoms with Crippen LogP contribution in [-0.2, 0) is 0 Å². The molecule has 0 aliphatic rings. The highest BCUT2D eigenvalue weighted by molar-refractivity contribution is 5.33. The standard InChI is InChI=1S/C13H22O2/c1-7-10(2)13(15,12(4,5)6)9-8-11(3)14/h7,11,14-15H,1-6H3/b10-7+/t11-,13?/m1/s1. The van der Waals surface area contributed by atoms with Crippen molar-refractivity contribution in [3.8, 4) is 11.8 Å². The summed E-state index contributed by atoms with van der Waals surface area (Å²) in [6.07, 6.45) is 1.13. The van der Waals surface area contributed by atoms with Crippen LogP contribution in [0.2, 0.25) is 0 Å². The van der Waals surface area contributed by atoms with Crippen LogP contribution >= 0.6 is 0 Å². The lowest BCUT2D eigenvalue weighted by atomic mass is 9.72. The van der Waals surface area contributed by atoms with Gasteiger partial charge in [0, 0.05) is 5.41 Å². The largest absolute Gasteiger partial charge is 0.381 e. The van der Waals surface area contributed by atoms with Gasteiger partial charge in [-0.15, -0.1) is 0 Å². The van der Waals surface area contributed by atoms with Gasteiger partial charge in [-0.3, -0.25) is 0 Å². The van der Waals surface area contributed by atoms with Crippen LogP contribution in [0.4, 0.5) is 0 Å². The summed E-state index contributed by atoms with van der Waals surface area (Å²) in [5, 5.41) is 19.6. The molecule has 1 unspecified atom stereocenters. The normalized spacial score (nSPS) is 18.8. The van der Waals surface area contributed by atoms with Crippen LogP contribution in [0.5, 0.6) is 0 Å². The molecule has 0 amide bonds. The molecule has 0 saturated heterocycles. The van der Waals surface area contributed by atoms with Gasteiger partial charge in [0.25, 0.3) is 0 Å². The Labute approximate surface area is 93.0 Å². The van der Waals surface area contributed by atoms with Crippen molar-refractivity contribution in [1.29, 1.82) is 0 Å². The molecule has 0 aliphatic carbocycles. The lowest BCUT2D eigenvalue weighted by molar-refractivity contribution is 0.0285. The van der Waals surface area contributed by atoms with Crippen molar-refractivity contribution in [2.75, 3.05) is 0 Å². The maximum absolute atomic E-state index is 10.5. The Hall–Kier alpha value is -0.780. The van der Waals surface area contributed by atoms with Gasteiger partial charge in [-0.05, 0) is 26.3 Å². The molecule has 0 heterocycles. The minimum Gasteiger partial charge on any atom is -0.381 e. The molecular formula is C13H22O2. The van der Waals surface area contributed by atoms with E-state index < -0.39 is 11.7 Å². The summed E-state index contributed by atoms with van der Waals surface area (Å²) in [5.41, 5.74) is -0.757. The van der Waals surface area contributed by atoms with Gasteiger partial charge in [0.1, 0.15) is 6.10 Å². The van der Waals surface area contributed by atoms with E-state index in [1.807, 2.05) is 40.7 Å². The number of rotatable bonds is 1. The topological polar surface area (TPSA) is 40.5 Å². The van der Waals surface area contributed by atoms with E-state index in [0.29, 0.717) is 0 Å². The Bertz CT molecular complexity index is 297. The first-order valence-corrected chi connectivity index (χ1v) is 5.21. The second-order valence-corrected chi connectivity index (χ2v) is 4.88. The molecule has 2 heteroatoms. The second-order valence-electron chi connectivity index (χ2n) is 4.88. The fourth-order valence-electron chi connectivity index (χ4n) is 1.30. The third kappa shape index (κ3) is 3.37. The van der Waals surface area contributed by atoms with Crippen LogP contribution in [0, 0.1) is 17.3 Å². The molecular weight excluding hydrogens is 188 g/mol. The van der Waals surface area contributed by atoms with E-state index in [9.17, 15) is 5.11 Å². The summed E-state index contributed by atoms with van der Waals surface area (Å²) in [5.74, 6) is 5.40. The summed E-state index contributed by atoms with van der Waals surface area (Å²) >= 11 is 0. The summed E-state index contributed by atoms with van der Waals surface area (Å²) in [6, 6.07) is 0. The van der Waals surface area contributed by atoms with Crippen molar-refractivity contribution in [2.24, 2.45) is 5.41 Å². The van der Waals surface area contributed by atoms with E-state index in [4.69, 9.17) is 5.11 Å². The van der Waals surface area contributed by atoms with E-state index >= 15 is 0 Å². The Morgan fingerprint density at radius 3 is 2.07 bits per heavy atom. The van der Waals surface area contributed by atoms with Crippen LogP contribution < -0.4 is 0 Å². The SMILES string of the molecule is C/C=C(\C)C(O)(C#C[C@@H](C)O)C(C)(C)C. The van der Waals surface area contributed by atoms with Crippen LogP contribution in [0.15, 0.2) is 11.6 Å². The molecule has 2 N–H and O–H groups in total. The van der Waals surface area contributed by atoms with Crippen molar-refractivity contribution in [2.45, 2.75) is 53.2 Å². The lowest BCUT2D eigenvalue weighted by Crippen LogP contribution is -2.42. The van der Waals surface area contributed by atoms with E-state index in [0.717, 1.165) is 5.57 Å². The molecule has 2 atom stereocenters. The molecule has 0 saturated carbocycles. The lowest BCUT2D eigenvalue weighted by Gasteiger charge is -2.37. The molecule has 0 aromatic rings. The minimum atomic E-state index is -1.18. The molecule has 15 heavy (non-hydrogen) atoms. The van der Waals surface area contributed by atoms with Gasteiger partial charge in [-0.1, -0.05) is 38.7 Å². The van der Waals surface area contributed by atoms with E-state index in [1.54, 1.807) is 6.92 Å². The van der Waals surface area contributed by atoms with Gasteiger partial charge >= 0.3 is 0 Å². The Kier molecular flexibility index (Phi) is 4.58. The smallest absolute Gasteiger partial charge is 0.151 e. The first-order valence-electron chi connectivity index (χ1n) is 5.21. The summed E-state index contributed by atoms with van der Waals surface area (Å²) in [6.45, 7) is 11.1. The molecule has 0 radical (unpaired) electrons. The van der Waals surface area contributed by atoms with Gasteiger partial charge in [0.15, 0.2) is 5.60 Å². The third-order valence-corrected chi connectivity index (χ3v) is 2.55. The summed E-state index contributed by atoms with van der Waals surface area (Å²) < 4.78 is 0. The molecule has 0 rings (SSSR count). The monoisotopic (exact) mass is 210 g/mol. The van der Waals surface area contributed by atoms with Crippen LogP contribution in [-0.4, -0.2) is 21.9 Å². The van der Waals surface area contributed by atoms with Crippen molar-refractivity contribution in [1.82, 2.24) is 0 Å². The van der Waals surface area contributed by atoms with E-state index in [2.05, 4.69) is 11.8 Å². The quantitative estimate of drug-likeness (QED) is 0.514. The van der Waals surface area contributed by atoms with Gasteiger partial charge in [0.2, 0.25) is 0 Å². The van der Waals surface area contributed by atoms with Crippen molar-refractivity contribution < 1.29 is 10.2 Å². The first kappa shape index (κ1) is 14.2. The van der Waals surface area contributed by atoms with Crippen LogP contribution in [0.3, 0.4) is 0 Å². The first-order chi connectivity index (χ1) is 6.65. The average molecular weight is 210 g/mol. The van der Waals surface area contributed by atoms with Crippen LogP contribution in [0.25, 0.3) is 0 Å². The highest BCUT2D eigenvalue weighted by Crippen LogP contribution is 2.35. The van der Waals surface area contributed by atoms with Crippen molar-refractivity contribution in [3.05, 3.63) is 11.6 Å². The van der Waals surface area contributed by atoms with Crippen molar-refractivity contribution in [3.63, 3.8) is 0 Å². The molecule has 0 aliphatic heterocycles. The number of aliphatic hydroxyl groups excluding tert-OH is 1. The predicted octanol–water partition coefficient (Wildman–Crippen LogP) is 2.11. The number of hydrogen-bond donors (Lipinski definition) is 2. The maximum Gasteiger partial charge on any atom is 0.151 e. The summed E-state index contributed by atoms with van der Waals surface area (Å²) in [4.78, 5) is 0. The van der Waals surface area contributed by atoms with Gasteiger partial charge in [0.05, 0.1) is 0 Å². The fraction of sp³-hybridized carbons (Fsp3) is 0.692. The van der Waals surface area contributed by atoms with E-state index in [-0.39, 0.29) is 5.41 Å². The molecule has 0 fully saturated rings. The molecule has 0 bridgehead atoms. The highest BCUT2D eigenvalue weighted by atomic mass is 16.3. The maximum atomic E-state index is 10.5. The summed E-state index contributed by atoms with van der Waals surface area (Å²) in [7, 11) is 0. The minimum absolute atomic E-state index is 0.383. The van der Waals surface area contributed by atoms with Gasteiger partial charge in [-0.25, -0.2) is 0 Å². The molecule has 86 valence electrons. The average Bonchev–Trinajstić information content (AvgIpc) is 2.10. The molecule has 2 nitrogen and oxygen atoms in total. The number of aliphatic hydroxyl groups is 2. The Balaban J connectivity index is 5.37. The highest BCUT2D eigenvalue weighted by Gasteiger charge is 2.39. The zero-order valence-corrected chi connectivity index (χ0v) is 10.5. The number of allylic oxidation sites excluding steroid dienone is 1. The third-order valence-electron chi connectivity index (χ3n) is 2.55. The van der Waals surface area contributed by atoms with E-state index in [1.165, 1.54) is 0 Å². The predicted molar refractivity (Wildman–Crippen MR) is 63.3 cm³/mol. The van der Waals surface area contributed by atoms with Gasteiger partial charge in [-0.2, -0.15) is 0 Å². The Morgan fingerprint density at radius 1 is 1.33 bits per heavy atom. The van der Waals surface area contributed by atoms with Crippen molar-refractivity contribution >= 4 is 0 Å². The molecule has 0 aromatic heterocycles. The Morgan fingerprint density at radius 2 is 1.80 bits per heavy atom. The van der Waals surface area contributed by atoms with Gasteiger partial charge < -0.3 is 10.2 Å². The second kappa shape index (κ2) is 4.83. The van der Waals surface area contributed by atoms with Crippen LogP contribution in [0.1, 0.15) is 41.5 Å². The molecule has 0 aromatic carbocycles.